The third kappa shape index (κ3) is 4.19. The minimum Gasteiger partial charge on any atom is -0.345 e. The van der Waals surface area contributed by atoms with Crippen LogP contribution in [-0.4, -0.2) is 23.6 Å². The largest absolute Gasteiger partial charge is 0.345 e. The van der Waals surface area contributed by atoms with Crippen LogP contribution in [0.3, 0.4) is 0 Å². The van der Waals surface area contributed by atoms with Gasteiger partial charge in [-0.15, -0.1) is 11.3 Å². The fourth-order valence-corrected chi connectivity index (χ4v) is 3.53. The number of hydrogen-bond donors (Lipinski definition) is 1. The maximum atomic E-state index is 4.91. The van der Waals surface area contributed by atoms with E-state index >= 15 is 0 Å². The Bertz CT molecular complexity index is 421. The first-order valence-corrected chi connectivity index (χ1v) is 8.81. The summed E-state index contributed by atoms with van der Waals surface area (Å²) in [6.07, 6.45) is 3.83. The molecule has 4 heteroatoms. The van der Waals surface area contributed by atoms with E-state index in [0.717, 1.165) is 18.9 Å². The van der Waals surface area contributed by atoms with Crippen molar-refractivity contribution in [3.63, 3.8) is 0 Å². The van der Waals surface area contributed by atoms with Gasteiger partial charge in [-0.05, 0) is 39.0 Å². The molecule has 1 aromatic heterocycles. The first-order chi connectivity index (χ1) is 9.51. The minimum absolute atomic E-state index is 0.526. The van der Waals surface area contributed by atoms with Crippen molar-refractivity contribution in [3.05, 3.63) is 10.6 Å². The Morgan fingerprint density at radius 1 is 1.30 bits per heavy atom. The van der Waals surface area contributed by atoms with Crippen LogP contribution >= 0.6 is 11.3 Å². The number of nitrogens with zero attached hydrogens (tertiary/aromatic N) is 2. The van der Waals surface area contributed by atoms with E-state index in [2.05, 4.69) is 44.8 Å². The summed E-state index contributed by atoms with van der Waals surface area (Å²) < 4.78 is 0. The summed E-state index contributed by atoms with van der Waals surface area (Å²) in [6, 6.07) is 1.07. The van der Waals surface area contributed by atoms with Gasteiger partial charge in [0.1, 0.15) is 0 Å². The van der Waals surface area contributed by atoms with Gasteiger partial charge in [0, 0.05) is 30.1 Å². The third-order valence-electron chi connectivity index (χ3n) is 3.79. The molecule has 114 valence electrons. The van der Waals surface area contributed by atoms with Gasteiger partial charge in [-0.1, -0.05) is 20.8 Å². The number of hydrogen-bond acceptors (Lipinski definition) is 4. The molecule has 1 heterocycles. The van der Waals surface area contributed by atoms with Gasteiger partial charge in [0.2, 0.25) is 0 Å². The molecule has 0 radical (unpaired) electrons. The van der Waals surface area contributed by atoms with Crippen molar-refractivity contribution < 1.29 is 0 Å². The highest BCUT2D eigenvalue weighted by Crippen LogP contribution is 2.34. The first kappa shape index (κ1) is 15.8. The smallest absolute Gasteiger partial charge is 0.186 e. The van der Waals surface area contributed by atoms with Crippen LogP contribution in [0.2, 0.25) is 0 Å². The molecular weight excluding hydrogens is 266 g/mol. The van der Waals surface area contributed by atoms with Gasteiger partial charge in [-0.2, -0.15) is 0 Å². The molecule has 2 rings (SSSR count). The molecule has 20 heavy (non-hydrogen) atoms. The van der Waals surface area contributed by atoms with Crippen LogP contribution in [0.25, 0.3) is 0 Å². The van der Waals surface area contributed by atoms with E-state index in [9.17, 15) is 0 Å². The van der Waals surface area contributed by atoms with Crippen molar-refractivity contribution in [1.29, 1.82) is 0 Å². The predicted molar refractivity (Wildman–Crippen MR) is 88.7 cm³/mol. The molecule has 1 fully saturated rings. The quantitative estimate of drug-likeness (QED) is 0.790. The lowest BCUT2D eigenvalue weighted by molar-refractivity contribution is 0.590. The second-order valence-electron chi connectivity index (χ2n) is 6.44. The average molecular weight is 295 g/mol. The zero-order valence-electron chi connectivity index (χ0n) is 13.6. The molecule has 0 aliphatic heterocycles. The van der Waals surface area contributed by atoms with Gasteiger partial charge >= 0.3 is 0 Å². The van der Waals surface area contributed by atoms with Crippen LogP contribution < -0.4 is 10.2 Å². The van der Waals surface area contributed by atoms with Crippen molar-refractivity contribution >= 4 is 16.5 Å². The van der Waals surface area contributed by atoms with Gasteiger partial charge in [0.15, 0.2) is 5.13 Å². The number of rotatable bonds is 8. The Balaban J connectivity index is 2.12. The number of anilines is 1. The standard InChI is InChI=1S/C16H29N3S/c1-6-14-15(9-17-11(2)3)20-16(18-14)19(12(4)5)10-13-7-8-13/h11-13,17H,6-10H2,1-5H3. The van der Waals surface area contributed by atoms with Gasteiger partial charge < -0.3 is 10.2 Å². The van der Waals surface area contributed by atoms with Crippen LogP contribution in [0.1, 0.15) is 58.0 Å². The number of aromatic nitrogens is 1. The molecule has 1 aliphatic carbocycles. The number of nitrogens with one attached hydrogen (secondary N) is 1. The molecule has 0 bridgehead atoms. The lowest BCUT2D eigenvalue weighted by Crippen LogP contribution is -2.32. The molecule has 1 aromatic rings. The number of thiazole rings is 1. The van der Waals surface area contributed by atoms with Crippen LogP contribution in [0, 0.1) is 5.92 Å². The lowest BCUT2D eigenvalue weighted by atomic mass is 10.3. The molecule has 1 N–H and O–H groups in total. The highest BCUT2D eigenvalue weighted by molar-refractivity contribution is 7.15. The van der Waals surface area contributed by atoms with Gasteiger partial charge in [0.25, 0.3) is 0 Å². The minimum atomic E-state index is 0.526. The molecule has 0 unspecified atom stereocenters. The Morgan fingerprint density at radius 2 is 2.00 bits per heavy atom. The second kappa shape index (κ2) is 6.90. The molecule has 1 aliphatic rings. The fraction of sp³-hybridized carbons (Fsp3) is 0.812. The fourth-order valence-electron chi connectivity index (χ4n) is 2.29. The summed E-state index contributed by atoms with van der Waals surface area (Å²) in [5, 5.41) is 4.75. The summed E-state index contributed by atoms with van der Waals surface area (Å²) in [7, 11) is 0. The van der Waals surface area contributed by atoms with Gasteiger partial charge in [-0.25, -0.2) is 4.98 Å². The van der Waals surface area contributed by atoms with E-state index in [1.54, 1.807) is 0 Å². The van der Waals surface area contributed by atoms with E-state index in [1.807, 2.05) is 11.3 Å². The SMILES string of the molecule is CCc1nc(N(CC2CC2)C(C)C)sc1CNC(C)C. The van der Waals surface area contributed by atoms with Crippen molar-refractivity contribution in [2.75, 3.05) is 11.4 Å². The summed E-state index contributed by atoms with van der Waals surface area (Å²) >= 11 is 1.88. The summed E-state index contributed by atoms with van der Waals surface area (Å²) in [5.41, 5.74) is 1.28. The Labute approximate surface area is 127 Å². The number of aryl methyl sites for hydroxylation is 1. The van der Waals surface area contributed by atoms with E-state index < -0.39 is 0 Å². The topological polar surface area (TPSA) is 28.2 Å². The van der Waals surface area contributed by atoms with Crippen molar-refractivity contribution in [1.82, 2.24) is 10.3 Å². The highest BCUT2D eigenvalue weighted by Gasteiger charge is 2.27. The molecule has 0 aromatic carbocycles. The monoisotopic (exact) mass is 295 g/mol. The Hall–Kier alpha value is -0.610. The van der Waals surface area contributed by atoms with Crippen LogP contribution in [0.15, 0.2) is 0 Å². The molecular formula is C16H29N3S. The van der Waals surface area contributed by atoms with E-state index in [-0.39, 0.29) is 0 Å². The zero-order valence-corrected chi connectivity index (χ0v) is 14.4. The Kier molecular flexibility index (Phi) is 5.44. The average Bonchev–Trinajstić information content (AvgIpc) is 3.12. The Morgan fingerprint density at radius 3 is 2.50 bits per heavy atom. The van der Waals surface area contributed by atoms with E-state index in [1.165, 1.54) is 35.1 Å². The zero-order chi connectivity index (χ0) is 14.7. The molecule has 0 spiro atoms. The maximum absolute atomic E-state index is 4.91. The predicted octanol–water partition coefficient (Wildman–Crippen LogP) is 3.83. The molecule has 0 amide bonds. The summed E-state index contributed by atoms with van der Waals surface area (Å²) in [4.78, 5) is 8.83. The van der Waals surface area contributed by atoms with Crippen LogP contribution in [-0.2, 0) is 13.0 Å². The van der Waals surface area contributed by atoms with Crippen LogP contribution in [0.4, 0.5) is 5.13 Å². The van der Waals surface area contributed by atoms with Gasteiger partial charge in [0.05, 0.1) is 5.69 Å². The molecule has 0 saturated heterocycles. The molecule has 1 saturated carbocycles. The molecule has 3 nitrogen and oxygen atoms in total. The van der Waals surface area contributed by atoms with E-state index in [4.69, 9.17) is 4.98 Å². The first-order valence-electron chi connectivity index (χ1n) is 7.99. The van der Waals surface area contributed by atoms with E-state index in [0.29, 0.717) is 12.1 Å². The third-order valence-corrected chi connectivity index (χ3v) is 4.93. The normalized spacial score (nSPS) is 15.3. The van der Waals surface area contributed by atoms with Gasteiger partial charge in [-0.3, -0.25) is 0 Å². The molecule has 0 atom stereocenters. The van der Waals surface area contributed by atoms with Crippen molar-refractivity contribution in [3.8, 4) is 0 Å². The summed E-state index contributed by atoms with van der Waals surface area (Å²) in [6.45, 7) is 13.3. The highest BCUT2D eigenvalue weighted by atomic mass is 32.1. The van der Waals surface area contributed by atoms with Crippen molar-refractivity contribution in [2.45, 2.75) is 72.5 Å². The maximum Gasteiger partial charge on any atom is 0.186 e. The lowest BCUT2D eigenvalue weighted by Gasteiger charge is -2.26. The van der Waals surface area contributed by atoms with Crippen molar-refractivity contribution in [2.24, 2.45) is 5.92 Å². The van der Waals surface area contributed by atoms with Crippen LogP contribution in [0.5, 0.6) is 0 Å². The summed E-state index contributed by atoms with van der Waals surface area (Å²) in [5.74, 6) is 0.906. The second-order valence-corrected chi connectivity index (χ2v) is 7.51.